The lowest BCUT2D eigenvalue weighted by Crippen LogP contribution is -2.37. The van der Waals surface area contributed by atoms with E-state index < -0.39 is 15.8 Å². The van der Waals surface area contributed by atoms with E-state index in [1.54, 1.807) is 17.9 Å². The summed E-state index contributed by atoms with van der Waals surface area (Å²) >= 11 is 0. The standard InChI is InChI=1S/C16H18FN3O4S/c1-12-11-15(24-18-12)16(21)19-7-2-8-20(10-9-19)25(22,23)14-5-3-13(17)4-6-14/h3-6,11H,2,7-10H2,1H3. The fourth-order valence-corrected chi connectivity index (χ4v) is 4.18. The van der Waals surface area contributed by atoms with Gasteiger partial charge < -0.3 is 9.42 Å². The summed E-state index contributed by atoms with van der Waals surface area (Å²) in [5.41, 5.74) is 0.610. The van der Waals surface area contributed by atoms with Gasteiger partial charge in [-0.1, -0.05) is 5.16 Å². The number of rotatable bonds is 3. The second-order valence-corrected chi connectivity index (χ2v) is 7.77. The van der Waals surface area contributed by atoms with Crippen LogP contribution in [0.3, 0.4) is 0 Å². The normalized spacial score (nSPS) is 16.6. The molecule has 0 aliphatic carbocycles. The molecule has 2 aromatic rings. The van der Waals surface area contributed by atoms with Crippen LogP contribution in [0, 0.1) is 12.7 Å². The van der Waals surface area contributed by atoms with Gasteiger partial charge in [-0.05, 0) is 37.6 Å². The SMILES string of the molecule is Cc1cc(C(=O)N2CCCN(S(=O)(=O)c3ccc(F)cc3)CC2)on1. The van der Waals surface area contributed by atoms with Crippen LogP contribution in [0.25, 0.3) is 0 Å². The van der Waals surface area contributed by atoms with Crippen molar-refractivity contribution in [2.75, 3.05) is 26.2 Å². The van der Waals surface area contributed by atoms with E-state index >= 15 is 0 Å². The highest BCUT2D eigenvalue weighted by Crippen LogP contribution is 2.19. The van der Waals surface area contributed by atoms with Crippen molar-refractivity contribution in [1.82, 2.24) is 14.4 Å². The van der Waals surface area contributed by atoms with Crippen LogP contribution in [-0.2, 0) is 10.0 Å². The van der Waals surface area contributed by atoms with Crippen molar-refractivity contribution < 1.29 is 22.1 Å². The van der Waals surface area contributed by atoms with Gasteiger partial charge in [-0.2, -0.15) is 4.31 Å². The summed E-state index contributed by atoms with van der Waals surface area (Å²) in [6, 6.07) is 6.28. The maximum atomic E-state index is 13.0. The number of aromatic nitrogens is 1. The monoisotopic (exact) mass is 367 g/mol. The van der Waals surface area contributed by atoms with Crippen LogP contribution >= 0.6 is 0 Å². The fraction of sp³-hybridized carbons (Fsp3) is 0.375. The molecule has 2 heterocycles. The van der Waals surface area contributed by atoms with E-state index in [-0.39, 0.29) is 29.7 Å². The zero-order valence-corrected chi connectivity index (χ0v) is 14.5. The molecule has 0 unspecified atom stereocenters. The number of hydrogen-bond donors (Lipinski definition) is 0. The Hall–Kier alpha value is -2.26. The second kappa shape index (κ2) is 6.93. The summed E-state index contributed by atoms with van der Waals surface area (Å²) in [4.78, 5) is 14.0. The van der Waals surface area contributed by atoms with Crippen LogP contribution in [0.1, 0.15) is 22.7 Å². The Morgan fingerprint density at radius 1 is 1.16 bits per heavy atom. The number of halogens is 1. The molecule has 0 spiro atoms. The average molecular weight is 367 g/mol. The third kappa shape index (κ3) is 3.72. The highest BCUT2D eigenvalue weighted by Gasteiger charge is 2.29. The number of aryl methyl sites for hydroxylation is 1. The minimum absolute atomic E-state index is 0.0412. The van der Waals surface area contributed by atoms with Gasteiger partial charge in [-0.15, -0.1) is 0 Å². The molecule has 1 aromatic heterocycles. The van der Waals surface area contributed by atoms with Crippen molar-refractivity contribution in [3.63, 3.8) is 0 Å². The third-order valence-electron chi connectivity index (χ3n) is 4.03. The van der Waals surface area contributed by atoms with Gasteiger partial charge in [0.2, 0.25) is 15.8 Å². The van der Waals surface area contributed by atoms with Crippen molar-refractivity contribution >= 4 is 15.9 Å². The maximum absolute atomic E-state index is 13.0. The molecular weight excluding hydrogens is 349 g/mol. The van der Waals surface area contributed by atoms with Crippen molar-refractivity contribution in [3.05, 3.63) is 47.6 Å². The van der Waals surface area contributed by atoms with E-state index in [1.807, 2.05) is 0 Å². The van der Waals surface area contributed by atoms with Crippen LogP contribution in [0.2, 0.25) is 0 Å². The topological polar surface area (TPSA) is 83.7 Å². The Balaban J connectivity index is 1.73. The van der Waals surface area contributed by atoms with Gasteiger partial charge in [-0.3, -0.25) is 4.79 Å². The molecule has 1 amide bonds. The predicted molar refractivity (Wildman–Crippen MR) is 86.9 cm³/mol. The molecule has 25 heavy (non-hydrogen) atoms. The zero-order chi connectivity index (χ0) is 18.0. The molecule has 1 aromatic carbocycles. The van der Waals surface area contributed by atoms with Crippen LogP contribution in [-0.4, -0.2) is 54.9 Å². The quantitative estimate of drug-likeness (QED) is 0.824. The number of carbonyl (C=O) groups is 1. The van der Waals surface area contributed by atoms with Gasteiger partial charge in [0.1, 0.15) is 5.82 Å². The Labute approximate surface area is 145 Å². The molecule has 134 valence electrons. The Kier molecular flexibility index (Phi) is 4.87. The fourth-order valence-electron chi connectivity index (χ4n) is 2.71. The first kappa shape index (κ1) is 17.6. The van der Waals surface area contributed by atoms with E-state index in [1.165, 1.54) is 16.4 Å². The minimum Gasteiger partial charge on any atom is -0.351 e. The van der Waals surface area contributed by atoms with Gasteiger partial charge in [0.05, 0.1) is 10.6 Å². The highest BCUT2D eigenvalue weighted by atomic mass is 32.2. The molecule has 3 rings (SSSR count). The number of hydrogen-bond acceptors (Lipinski definition) is 5. The van der Waals surface area contributed by atoms with Crippen molar-refractivity contribution in [1.29, 1.82) is 0 Å². The van der Waals surface area contributed by atoms with E-state index in [0.29, 0.717) is 25.2 Å². The second-order valence-electron chi connectivity index (χ2n) is 5.84. The molecule has 0 radical (unpaired) electrons. The maximum Gasteiger partial charge on any atom is 0.292 e. The minimum atomic E-state index is -3.72. The van der Waals surface area contributed by atoms with Crippen LogP contribution in [0.4, 0.5) is 4.39 Å². The molecule has 1 fully saturated rings. The third-order valence-corrected chi connectivity index (χ3v) is 5.95. The first-order valence-corrected chi connectivity index (χ1v) is 9.30. The van der Waals surface area contributed by atoms with Gasteiger partial charge in [0, 0.05) is 32.2 Å². The number of sulfonamides is 1. The van der Waals surface area contributed by atoms with Crippen LogP contribution < -0.4 is 0 Å². The summed E-state index contributed by atoms with van der Waals surface area (Å²) < 4.78 is 44.7. The summed E-state index contributed by atoms with van der Waals surface area (Å²) in [6.07, 6.45) is 0.499. The predicted octanol–water partition coefficient (Wildman–Crippen LogP) is 1.66. The van der Waals surface area contributed by atoms with E-state index in [0.717, 1.165) is 12.1 Å². The lowest BCUT2D eigenvalue weighted by atomic mass is 10.3. The number of carbonyl (C=O) groups excluding carboxylic acids is 1. The highest BCUT2D eigenvalue weighted by molar-refractivity contribution is 7.89. The summed E-state index contributed by atoms with van der Waals surface area (Å²) in [5, 5.41) is 3.70. The molecule has 1 saturated heterocycles. The van der Waals surface area contributed by atoms with Gasteiger partial charge in [0.25, 0.3) is 5.91 Å². The molecule has 0 bridgehead atoms. The first-order valence-electron chi connectivity index (χ1n) is 7.86. The van der Waals surface area contributed by atoms with Crippen LogP contribution in [0.15, 0.2) is 39.8 Å². The summed E-state index contributed by atoms with van der Waals surface area (Å²) in [5.74, 6) is -0.650. The molecule has 9 heteroatoms. The van der Waals surface area contributed by atoms with Crippen LogP contribution in [0.5, 0.6) is 0 Å². The van der Waals surface area contributed by atoms with Gasteiger partial charge >= 0.3 is 0 Å². The van der Waals surface area contributed by atoms with E-state index in [4.69, 9.17) is 4.52 Å². The van der Waals surface area contributed by atoms with Gasteiger partial charge in [-0.25, -0.2) is 12.8 Å². The molecule has 0 N–H and O–H groups in total. The Bertz CT molecular complexity index is 864. The summed E-state index contributed by atoms with van der Waals surface area (Å²) in [6.45, 7) is 2.85. The largest absolute Gasteiger partial charge is 0.351 e. The van der Waals surface area contributed by atoms with Crippen molar-refractivity contribution in [2.24, 2.45) is 0 Å². The first-order chi connectivity index (χ1) is 11.9. The van der Waals surface area contributed by atoms with E-state index in [9.17, 15) is 17.6 Å². The molecule has 7 nitrogen and oxygen atoms in total. The lowest BCUT2D eigenvalue weighted by Gasteiger charge is -2.21. The molecular formula is C16H18FN3O4S. The number of amides is 1. The van der Waals surface area contributed by atoms with Gasteiger partial charge in [0.15, 0.2) is 0 Å². The van der Waals surface area contributed by atoms with Crippen molar-refractivity contribution in [3.8, 4) is 0 Å². The zero-order valence-electron chi connectivity index (χ0n) is 13.7. The molecule has 1 aliphatic rings. The lowest BCUT2D eigenvalue weighted by molar-refractivity contribution is 0.0722. The molecule has 1 aliphatic heterocycles. The summed E-state index contributed by atoms with van der Waals surface area (Å²) in [7, 11) is -3.72. The smallest absolute Gasteiger partial charge is 0.292 e. The Morgan fingerprint density at radius 2 is 1.88 bits per heavy atom. The Morgan fingerprint density at radius 3 is 2.52 bits per heavy atom. The molecule has 0 saturated carbocycles. The number of nitrogens with zero attached hydrogens (tertiary/aromatic N) is 3. The van der Waals surface area contributed by atoms with Crippen molar-refractivity contribution in [2.45, 2.75) is 18.2 Å². The van der Waals surface area contributed by atoms with E-state index in [2.05, 4.69) is 5.16 Å². The average Bonchev–Trinajstić information content (AvgIpc) is 2.86. The number of benzene rings is 1. The molecule has 0 atom stereocenters.